The summed E-state index contributed by atoms with van der Waals surface area (Å²) in [5, 5.41) is 8.20. The Hall–Kier alpha value is -0.940. The van der Waals surface area contributed by atoms with Crippen molar-refractivity contribution in [2.24, 2.45) is 0 Å². The third-order valence-corrected chi connectivity index (χ3v) is 0.269. The minimum Gasteiger partial charge on any atom is -0.508 e. The van der Waals surface area contributed by atoms with Crippen LogP contribution in [0.1, 0.15) is 0 Å². The molecule has 0 aliphatic carbocycles. The van der Waals surface area contributed by atoms with Gasteiger partial charge in [-0.1, -0.05) is 13.2 Å². The molecule has 1 N–H and O–H groups in total. The van der Waals surface area contributed by atoms with Crippen molar-refractivity contribution in [1.29, 1.82) is 0 Å². The van der Waals surface area contributed by atoms with Gasteiger partial charge in [0.1, 0.15) is 5.76 Å². The lowest BCUT2D eigenvalue weighted by atomic mass is 10.5. The van der Waals surface area contributed by atoms with Gasteiger partial charge in [0, 0.05) is 6.08 Å². The molecular weight excluding hydrogens is 76.1 g/mol. The summed E-state index contributed by atoms with van der Waals surface area (Å²) in [6.07, 6.45) is 1.29. The molecule has 0 heterocycles. The molecule has 0 radical (unpaired) electrons. The van der Waals surface area contributed by atoms with Gasteiger partial charge in [0.15, 0.2) is 0 Å². The van der Waals surface area contributed by atoms with Crippen LogP contribution in [0.2, 0.25) is 0 Å². The molecule has 0 aliphatic heterocycles. The molecular formula is C5H6O. The summed E-state index contributed by atoms with van der Waals surface area (Å²) in [5.41, 5.74) is 2.34. The molecule has 0 saturated heterocycles. The largest absolute Gasteiger partial charge is 0.508 e. The van der Waals surface area contributed by atoms with Crippen LogP contribution in [0.15, 0.2) is 30.7 Å². The summed E-state index contributed by atoms with van der Waals surface area (Å²) in [5.74, 6) is -0.00926. The fraction of sp³-hybridized carbons (Fsp3) is 0. The molecule has 0 unspecified atom stereocenters. The molecule has 0 rings (SSSR count). The van der Waals surface area contributed by atoms with E-state index in [2.05, 4.69) is 18.9 Å². The van der Waals surface area contributed by atoms with Crippen LogP contribution in [0, 0.1) is 0 Å². The van der Waals surface area contributed by atoms with E-state index in [1.165, 1.54) is 6.08 Å². The Morgan fingerprint density at radius 2 is 2.33 bits per heavy atom. The maximum Gasteiger partial charge on any atom is 0.116 e. The highest BCUT2D eigenvalue weighted by molar-refractivity contribution is 5.02. The van der Waals surface area contributed by atoms with E-state index in [1.54, 1.807) is 0 Å². The molecule has 0 spiro atoms. The Balaban J connectivity index is 3.60. The van der Waals surface area contributed by atoms with Crippen LogP contribution in [0.25, 0.3) is 0 Å². The average Bonchev–Trinajstić information content (AvgIpc) is 1.35. The fourth-order valence-corrected chi connectivity index (χ4v) is 0.118. The van der Waals surface area contributed by atoms with E-state index in [4.69, 9.17) is 5.11 Å². The van der Waals surface area contributed by atoms with Crippen LogP contribution in [-0.2, 0) is 0 Å². The van der Waals surface area contributed by atoms with Gasteiger partial charge in [-0.15, -0.1) is 5.73 Å². The van der Waals surface area contributed by atoms with Gasteiger partial charge in [0.05, 0.1) is 0 Å². The molecule has 1 heteroatoms. The summed E-state index contributed by atoms with van der Waals surface area (Å²) >= 11 is 0. The van der Waals surface area contributed by atoms with Gasteiger partial charge in [-0.25, -0.2) is 0 Å². The SMILES string of the molecule is C=C=CC(=C)O. The van der Waals surface area contributed by atoms with Gasteiger partial charge in [0.2, 0.25) is 0 Å². The standard InChI is InChI=1S/C5H6O/c1-3-4-5(2)6/h4,6H,1-2H2. The zero-order valence-electron chi connectivity index (χ0n) is 3.44. The van der Waals surface area contributed by atoms with Gasteiger partial charge in [-0.05, 0) is 0 Å². The second kappa shape index (κ2) is 2.31. The number of aliphatic hydroxyl groups is 1. The van der Waals surface area contributed by atoms with Gasteiger partial charge in [-0.2, -0.15) is 0 Å². The average molecular weight is 82.1 g/mol. The van der Waals surface area contributed by atoms with E-state index < -0.39 is 0 Å². The Bertz CT molecular complexity index is 96.5. The first-order valence-corrected chi connectivity index (χ1v) is 1.51. The molecule has 32 valence electrons. The molecule has 6 heavy (non-hydrogen) atoms. The first-order valence-electron chi connectivity index (χ1n) is 1.51. The van der Waals surface area contributed by atoms with E-state index in [-0.39, 0.29) is 5.76 Å². The normalized spacial score (nSPS) is 6.00. The third-order valence-electron chi connectivity index (χ3n) is 0.269. The van der Waals surface area contributed by atoms with Gasteiger partial charge >= 0.3 is 0 Å². The molecule has 0 amide bonds. The van der Waals surface area contributed by atoms with E-state index in [0.29, 0.717) is 0 Å². The molecule has 0 aliphatic rings. The summed E-state index contributed by atoms with van der Waals surface area (Å²) in [7, 11) is 0. The summed E-state index contributed by atoms with van der Waals surface area (Å²) < 4.78 is 0. The number of aliphatic hydroxyl groups excluding tert-OH is 1. The van der Waals surface area contributed by atoms with Crippen molar-refractivity contribution in [2.75, 3.05) is 0 Å². The zero-order chi connectivity index (χ0) is 4.99. The van der Waals surface area contributed by atoms with E-state index in [1.807, 2.05) is 0 Å². The molecule has 0 saturated carbocycles. The molecule has 0 fully saturated rings. The maximum absolute atomic E-state index is 8.20. The van der Waals surface area contributed by atoms with Crippen molar-refractivity contribution in [3.05, 3.63) is 30.7 Å². The van der Waals surface area contributed by atoms with Crippen molar-refractivity contribution in [3.63, 3.8) is 0 Å². The molecule has 0 aromatic rings. The number of hydrogen-bond donors (Lipinski definition) is 1. The predicted molar refractivity (Wildman–Crippen MR) is 25.5 cm³/mol. The molecule has 0 atom stereocenters. The van der Waals surface area contributed by atoms with Crippen LogP contribution >= 0.6 is 0 Å². The fourth-order valence-electron chi connectivity index (χ4n) is 0.118. The summed E-state index contributed by atoms with van der Waals surface area (Å²) in [6, 6.07) is 0. The Morgan fingerprint density at radius 1 is 1.83 bits per heavy atom. The van der Waals surface area contributed by atoms with Crippen LogP contribution in [-0.4, -0.2) is 5.11 Å². The van der Waals surface area contributed by atoms with E-state index in [0.717, 1.165) is 0 Å². The Morgan fingerprint density at radius 3 is 2.33 bits per heavy atom. The second-order valence-electron chi connectivity index (χ2n) is 0.840. The Kier molecular flexibility index (Phi) is 1.94. The molecule has 0 bridgehead atoms. The quantitative estimate of drug-likeness (QED) is 0.288. The summed E-state index contributed by atoms with van der Waals surface area (Å²) in [6.45, 7) is 6.34. The highest BCUT2D eigenvalue weighted by Gasteiger charge is 1.65. The van der Waals surface area contributed by atoms with Gasteiger partial charge in [0.25, 0.3) is 0 Å². The third kappa shape index (κ3) is 3.06. The molecule has 0 aromatic carbocycles. The van der Waals surface area contributed by atoms with Crippen LogP contribution < -0.4 is 0 Å². The maximum atomic E-state index is 8.20. The van der Waals surface area contributed by atoms with E-state index in [9.17, 15) is 0 Å². The first-order chi connectivity index (χ1) is 2.77. The van der Waals surface area contributed by atoms with Crippen molar-refractivity contribution < 1.29 is 5.11 Å². The van der Waals surface area contributed by atoms with Crippen LogP contribution in [0.4, 0.5) is 0 Å². The van der Waals surface area contributed by atoms with Crippen LogP contribution in [0.5, 0.6) is 0 Å². The smallest absolute Gasteiger partial charge is 0.116 e. The number of allylic oxidation sites excluding steroid dienone is 1. The lowest BCUT2D eigenvalue weighted by molar-refractivity contribution is 0.435. The molecule has 0 aromatic heterocycles. The van der Waals surface area contributed by atoms with Crippen molar-refractivity contribution in [2.45, 2.75) is 0 Å². The lowest BCUT2D eigenvalue weighted by Crippen LogP contribution is -1.60. The predicted octanol–water partition coefficient (Wildman–Crippen LogP) is 1.40. The first kappa shape index (κ1) is 5.06. The molecule has 1 nitrogen and oxygen atoms in total. The number of hydrogen-bond acceptors (Lipinski definition) is 1. The zero-order valence-corrected chi connectivity index (χ0v) is 3.44. The summed E-state index contributed by atoms with van der Waals surface area (Å²) in [4.78, 5) is 0. The van der Waals surface area contributed by atoms with Crippen molar-refractivity contribution in [3.8, 4) is 0 Å². The minimum atomic E-state index is -0.00926. The number of rotatable bonds is 1. The van der Waals surface area contributed by atoms with Crippen molar-refractivity contribution in [1.82, 2.24) is 0 Å². The monoisotopic (exact) mass is 82.0 g/mol. The highest BCUT2D eigenvalue weighted by atomic mass is 16.3. The topological polar surface area (TPSA) is 20.2 Å². The van der Waals surface area contributed by atoms with Crippen molar-refractivity contribution >= 4 is 0 Å². The second-order valence-corrected chi connectivity index (χ2v) is 0.840. The lowest BCUT2D eigenvalue weighted by Gasteiger charge is -1.73. The Labute approximate surface area is 36.9 Å². The van der Waals surface area contributed by atoms with Gasteiger partial charge in [-0.3, -0.25) is 0 Å². The van der Waals surface area contributed by atoms with E-state index >= 15 is 0 Å². The van der Waals surface area contributed by atoms with Gasteiger partial charge < -0.3 is 5.11 Å². The minimum absolute atomic E-state index is 0.00926. The van der Waals surface area contributed by atoms with Crippen LogP contribution in [0.3, 0.4) is 0 Å². The highest BCUT2D eigenvalue weighted by Crippen LogP contribution is 1.77.